The highest BCUT2D eigenvalue weighted by Crippen LogP contribution is 2.10. The van der Waals surface area contributed by atoms with Crippen LogP contribution in [0.25, 0.3) is 0 Å². The number of aromatic nitrogens is 2. The zero-order chi connectivity index (χ0) is 15.9. The lowest BCUT2D eigenvalue weighted by atomic mass is 10.3. The van der Waals surface area contributed by atoms with Gasteiger partial charge >= 0.3 is 0 Å². The van der Waals surface area contributed by atoms with E-state index in [4.69, 9.17) is 13.7 Å². The molecule has 0 spiro atoms. The fraction of sp³-hybridized carbons (Fsp3) is 0.625. The molecule has 0 radical (unpaired) electrons. The first-order valence-corrected chi connectivity index (χ1v) is 8.20. The standard InChI is InChI=1S/C16H24N4O3/c1-2-16-17-15(18-23-16)13-20(12-14-4-3-9-22-14)6-5-19-7-10-21-11-8-19/h3-4,9H,2,5-8,10-13H2,1H3. The minimum Gasteiger partial charge on any atom is -0.468 e. The van der Waals surface area contributed by atoms with E-state index in [1.165, 1.54) is 0 Å². The summed E-state index contributed by atoms with van der Waals surface area (Å²) in [4.78, 5) is 9.12. The topological polar surface area (TPSA) is 67.8 Å². The molecule has 0 aromatic carbocycles. The van der Waals surface area contributed by atoms with Crippen LogP contribution in [0.3, 0.4) is 0 Å². The molecule has 2 aromatic rings. The molecular weight excluding hydrogens is 296 g/mol. The molecule has 7 nitrogen and oxygen atoms in total. The first-order chi connectivity index (χ1) is 11.3. The second kappa shape index (κ2) is 8.24. The Hall–Kier alpha value is -1.70. The third-order valence-corrected chi connectivity index (χ3v) is 3.97. The fourth-order valence-electron chi connectivity index (χ4n) is 2.64. The van der Waals surface area contributed by atoms with Gasteiger partial charge in [0.1, 0.15) is 5.76 Å². The average molecular weight is 320 g/mol. The van der Waals surface area contributed by atoms with Crippen LogP contribution in [0, 0.1) is 0 Å². The van der Waals surface area contributed by atoms with Crippen molar-refractivity contribution in [1.29, 1.82) is 0 Å². The number of nitrogens with zero attached hydrogens (tertiary/aromatic N) is 4. The first kappa shape index (κ1) is 16.2. The van der Waals surface area contributed by atoms with Crippen LogP contribution in [0.4, 0.5) is 0 Å². The summed E-state index contributed by atoms with van der Waals surface area (Å²) in [7, 11) is 0. The van der Waals surface area contributed by atoms with E-state index >= 15 is 0 Å². The summed E-state index contributed by atoms with van der Waals surface area (Å²) in [6.45, 7) is 8.98. The van der Waals surface area contributed by atoms with Gasteiger partial charge in [0, 0.05) is 32.6 Å². The SMILES string of the molecule is CCc1nc(CN(CCN2CCOCC2)Cc2ccco2)no1. The molecule has 0 amide bonds. The number of morpholine rings is 1. The summed E-state index contributed by atoms with van der Waals surface area (Å²) >= 11 is 0. The average Bonchev–Trinajstić information content (AvgIpc) is 3.25. The second-order valence-electron chi connectivity index (χ2n) is 5.70. The molecule has 23 heavy (non-hydrogen) atoms. The number of hydrogen-bond donors (Lipinski definition) is 0. The van der Waals surface area contributed by atoms with Crippen molar-refractivity contribution in [2.75, 3.05) is 39.4 Å². The highest BCUT2D eigenvalue weighted by molar-refractivity contribution is 4.98. The van der Waals surface area contributed by atoms with Crippen molar-refractivity contribution in [3.05, 3.63) is 35.9 Å². The molecule has 1 aliphatic heterocycles. The zero-order valence-corrected chi connectivity index (χ0v) is 13.6. The Bertz CT molecular complexity index is 564. The van der Waals surface area contributed by atoms with Gasteiger partial charge in [-0.3, -0.25) is 9.80 Å². The van der Waals surface area contributed by atoms with Gasteiger partial charge in [-0.1, -0.05) is 12.1 Å². The van der Waals surface area contributed by atoms with E-state index in [-0.39, 0.29) is 0 Å². The minimum absolute atomic E-state index is 0.661. The summed E-state index contributed by atoms with van der Waals surface area (Å²) in [5.74, 6) is 2.37. The Balaban J connectivity index is 1.58. The second-order valence-corrected chi connectivity index (χ2v) is 5.70. The minimum atomic E-state index is 0.661. The first-order valence-electron chi connectivity index (χ1n) is 8.20. The Morgan fingerprint density at radius 3 is 2.83 bits per heavy atom. The molecular formula is C16H24N4O3. The molecule has 1 fully saturated rings. The van der Waals surface area contributed by atoms with E-state index in [1.54, 1.807) is 6.26 Å². The highest BCUT2D eigenvalue weighted by Gasteiger charge is 2.16. The van der Waals surface area contributed by atoms with Crippen LogP contribution >= 0.6 is 0 Å². The maximum absolute atomic E-state index is 5.48. The van der Waals surface area contributed by atoms with Crippen LogP contribution < -0.4 is 0 Å². The van der Waals surface area contributed by atoms with Crippen molar-refractivity contribution in [3.8, 4) is 0 Å². The molecule has 1 saturated heterocycles. The van der Waals surface area contributed by atoms with E-state index in [0.717, 1.165) is 63.9 Å². The molecule has 3 heterocycles. The van der Waals surface area contributed by atoms with Crippen molar-refractivity contribution in [2.45, 2.75) is 26.4 Å². The molecule has 3 rings (SSSR count). The molecule has 0 saturated carbocycles. The summed E-state index contributed by atoms with van der Waals surface area (Å²) in [6, 6.07) is 3.91. The molecule has 7 heteroatoms. The van der Waals surface area contributed by atoms with Gasteiger partial charge in [-0.2, -0.15) is 4.98 Å². The van der Waals surface area contributed by atoms with Crippen LogP contribution in [0.15, 0.2) is 27.3 Å². The van der Waals surface area contributed by atoms with Crippen molar-refractivity contribution in [2.24, 2.45) is 0 Å². The Kier molecular flexibility index (Phi) is 5.79. The van der Waals surface area contributed by atoms with Crippen molar-refractivity contribution in [1.82, 2.24) is 19.9 Å². The van der Waals surface area contributed by atoms with Gasteiger partial charge in [0.25, 0.3) is 0 Å². The third-order valence-electron chi connectivity index (χ3n) is 3.97. The molecule has 2 aromatic heterocycles. The number of hydrogen-bond acceptors (Lipinski definition) is 7. The van der Waals surface area contributed by atoms with Crippen LogP contribution in [0.2, 0.25) is 0 Å². The van der Waals surface area contributed by atoms with Gasteiger partial charge in [0.15, 0.2) is 5.82 Å². The lowest BCUT2D eigenvalue weighted by Gasteiger charge is -2.29. The summed E-state index contributed by atoms with van der Waals surface area (Å²) < 4.78 is 16.1. The molecule has 0 atom stereocenters. The zero-order valence-electron chi connectivity index (χ0n) is 13.6. The lowest BCUT2D eigenvalue weighted by Crippen LogP contribution is -2.41. The van der Waals surface area contributed by atoms with Gasteiger partial charge in [-0.25, -0.2) is 0 Å². The monoisotopic (exact) mass is 320 g/mol. The predicted molar refractivity (Wildman–Crippen MR) is 83.8 cm³/mol. The summed E-state index contributed by atoms with van der Waals surface area (Å²) in [5, 5.41) is 4.06. The third kappa shape index (κ3) is 4.89. The number of aryl methyl sites for hydroxylation is 1. The van der Waals surface area contributed by atoms with Gasteiger partial charge < -0.3 is 13.7 Å². The fourth-order valence-corrected chi connectivity index (χ4v) is 2.64. The highest BCUT2D eigenvalue weighted by atomic mass is 16.5. The smallest absolute Gasteiger partial charge is 0.226 e. The van der Waals surface area contributed by atoms with Crippen LogP contribution in [-0.2, 0) is 24.2 Å². The normalized spacial score (nSPS) is 16.3. The lowest BCUT2D eigenvalue weighted by molar-refractivity contribution is 0.0319. The van der Waals surface area contributed by atoms with Crippen LogP contribution in [0.5, 0.6) is 0 Å². The molecule has 1 aliphatic rings. The molecule has 0 unspecified atom stereocenters. The number of ether oxygens (including phenoxy) is 1. The largest absolute Gasteiger partial charge is 0.468 e. The molecule has 0 N–H and O–H groups in total. The maximum atomic E-state index is 5.48. The van der Waals surface area contributed by atoms with Crippen LogP contribution in [-0.4, -0.2) is 59.3 Å². The van der Waals surface area contributed by atoms with E-state index in [2.05, 4.69) is 19.9 Å². The van der Waals surface area contributed by atoms with Crippen LogP contribution in [0.1, 0.15) is 24.4 Å². The summed E-state index contributed by atoms with van der Waals surface area (Å²) in [6.07, 6.45) is 2.47. The van der Waals surface area contributed by atoms with Crippen molar-refractivity contribution in [3.63, 3.8) is 0 Å². The molecule has 0 bridgehead atoms. The Morgan fingerprint density at radius 1 is 1.26 bits per heavy atom. The summed E-state index contributed by atoms with van der Waals surface area (Å²) in [5.41, 5.74) is 0. The van der Waals surface area contributed by atoms with Gasteiger partial charge in [0.05, 0.1) is 32.6 Å². The van der Waals surface area contributed by atoms with Crippen molar-refractivity contribution < 1.29 is 13.7 Å². The van der Waals surface area contributed by atoms with E-state index in [9.17, 15) is 0 Å². The van der Waals surface area contributed by atoms with E-state index in [1.807, 2.05) is 19.1 Å². The van der Waals surface area contributed by atoms with E-state index < -0.39 is 0 Å². The predicted octanol–water partition coefficient (Wildman–Crippen LogP) is 1.56. The number of furan rings is 1. The Labute approximate surface area is 136 Å². The van der Waals surface area contributed by atoms with Gasteiger partial charge in [-0.05, 0) is 12.1 Å². The van der Waals surface area contributed by atoms with Gasteiger partial charge in [-0.15, -0.1) is 0 Å². The maximum Gasteiger partial charge on any atom is 0.226 e. The number of rotatable bonds is 8. The van der Waals surface area contributed by atoms with Gasteiger partial charge in [0.2, 0.25) is 5.89 Å². The van der Waals surface area contributed by atoms with Crippen molar-refractivity contribution >= 4 is 0 Å². The van der Waals surface area contributed by atoms with E-state index in [0.29, 0.717) is 12.4 Å². The molecule has 126 valence electrons. The molecule has 0 aliphatic carbocycles. The quantitative estimate of drug-likeness (QED) is 0.731. The Morgan fingerprint density at radius 2 is 2.13 bits per heavy atom.